The van der Waals surface area contributed by atoms with Crippen LogP contribution in [0.4, 0.5) is 5.69 Å². The smallest absolute Gasteiger partial charge is 0.394 e. The van der Waals surface area contributed by atoms with Crippen molar-refractivity contribution in [1.29, 1.82) is 0 Å². The fraction of sp³-hybridized carbons (Fsp3) is 0.200. The van der Waals surface area contributed by atoms with Gasteiger partial charge in [-0.05, 0) is 24.6 Å². The van der Waals surface area contributed by atoms with E-state index in [9.17, 15) is 9.59 Å². The third-order valence-electron chi connectivity index (χ3n) is 2.02. The number of carboxylic acid groups (broad SMARTS) is 1. The van der Waals surface area contributed by atoms with Crippen molar-refractivity contribution < 1.29 is 14.7 Å². The summed E-state index contributed by atoms with van der Waals surface area (Å²) in [5.74, 6) is -2.41. The number of nitrogens with zero attached hydrogens (tertiary/aromatic N) is 1. The molecule has 0 fully saturated rings. The van der Waals surface area contributed by atoms with Gasteiger partial charge in [0.25, 0.3) is 0 Å². The highest BCUT2D eigenvalue weighted by Gasteiger charge is 2.19. The van der Waals surface area contributed by atoms with E-state index in [2.05, 4.69) is 15.9 Å². The lowest BCUT2D eigenvalue weighted by atomic mass is 10.2. The molecule has 1 amide bonds. The van der Waals surface area contributed by atoms with E-state index in [0.717, 1.165) is 14.9 Å². The molecule has 0 bridgehead atoms. The Hall–Kier alpha value is -1.36. The minimum Gasteiger partial charge on any atom is -0.474 e. The lowest BCUT2D eigenvalue weighted by Crippen LogP contribution is -2.33. The Morgan fingerprint density at radius 2 is 2.00 bits per heavy atom. The van der Waals surface area contributed by atoms with Crippen LogP contribution in [0, 0.1) is 6.92 Å². The first-order valence-corrected chi connectivity index (χ1v) is 5.00. The van der Waals surface area contributed by atoms with Crippen LogP contribution >= 0.6 is 15.9 Å². The molecule has 0 heterocycles. The van der Waals surface area contributed by atoms with E-state index in [0.29, 0.717) is 5.69 Å². The number of carbonyl (C=O) groups is 2. The maximum atomic E-state index is 11.2. The fourth-order valence-corrected chi connectivity index (χ4v) is 1.55. The zero-order valence-electron chi connectivity index (χ0n) is 8.32. The lowest BCUT2D eigenvalue weighted by Gasteiger charge is -2.17. The van der Waals surface area contributed by atoms with Gasteiger partial charge in [-0.1, -0.05) is 22.0 Å². The van der Waals surface area contributed by atoms with Crippen molar-refractivity contribution in [2.45, 2.75) is 6.92 Å². The Labute approximate surface area is 95.6 Å². The van der Waals surface area contributed by atoms with Gasteiger partial charge in [-0.25, -0.2) is 4.79 Å². The molecule has 0 saturated heterocycles. The Morgan fingerprint density at radius 1 is 1.40 bits per heavy atom. The molecule has 0 aliphatic rings. The van der Waals surface area contributed by atoms with Crippen LogP contribution in [0.1, 0.15) is 5.56 Å². The molecule has 0 atom stereocenters. The van der Waals surface area contributed by atoms with Gasteiger partial charge < -0.3 is 10.0 Å². The average Bonchev–Trinajstić information content (AvgIpc) is 2.19. The Kier molecular flexibility index (Phi) is 3.47. The van der Waals surface area contributed by atoms with Gasteiger partial charge in [0.2, 0.25) is 0 Å². The zero-order chi connectivity index (χ0) is 11.6. The second-order valence-corrected chi connectivity index (χ2v) is 4.02. The van der Waals surface area contributed by atoms with Crippen molar-refractivity contribution in [2.24, 2.45) is 0 Å². The largest absolute Gasteiger partial charge is 0.474 e. The number of halogens is 1. The summed E-state index contributed by atoms with van der Waals surface area (Å²) >= 11 is 3.27. The highest BCUT2D eigenvalue weighted by molar-refractivity contribution is 9.10. The number of rotatable bonds is 1. The number of benzene rings is 1. The normalized spacial score (nSPS) is 9.80. The molecular formula is C10H10BrNO3. The van der Waals surface area contributed by atoms with E-state index in [1.807, 2.05) is 19.1 Å². The number of aliphatic carboxylic acids is 1. The number of anilines is 1. The van der Waals surface area contributed by atoms with Crippen LogP contribution in [0.15, 0.2) is 22.7 Å². The van der Waals surface area contributed by atoms with Crippen molar-refractivity contribution in [3.8, 4) is 0 Å². The summed E-state index contributed by atoms with van der Waals surface area (Å²) in [6.07, 6.45) is 0. The Bertz CT molecular complexity index is 417. The molecule has 0 aliphatic carbocycles. The SMILES string of the molecule is Cc1ccc(Br)cc1N(C)C(=O)C(=O)O. The molecule has 0 spiro atoms. The summed E-state index contributed by atoms with van der Waals surface area (Å²) in [7, 11) is 1.44. The number of amides is 1. The first-order valence-electron chi connectivity index (χ1n) is 4.20. The third-order valence-corrected chi connectivity index (χ3v) is 2.51. The van der Waals surface area contributed by atoms with Gasteiger partial charge in [0.15, 0.2) is 0 Å². The minimum absolute atomic E-state index is 0.580. The molecule has 0 saturated carbocycles. The van der Waals surface area contributed by atoms with Gasteiger partial charge in [-0.15, -0.1) is 0 Å². The Balaban J connectivity index is 3.10. The maximum Gasteiger partial charge on any atom is 0.394 e. The average molecular weight is 272 g/mol. The van der Waals surface area contributed by atoms with Crippen LogP contribution in [0.3, 0.4) is 0 Å². The van der Waals surface area contributed by atoms with Crippen LogP contribution in [0.25, 0.3) is 0 Å². The van der Waals surface area contributed by atoms with Gasteiger partial charge in [-0.3, -0.25) is 4.79 Å². The first-order chi connectivity index (χ1) is 6.93. The molecule has 15 heavy (non-hydrogen) atoms. The summed E-state index contributed by atoms with van der Waals surface area (Å²) in [4.78, 5) is 22.8. The molecule has 80 valence electrons. The topological polar surface area (TPSA) is 57.6 Å². The van der Waals surface area contributed by atoms with E-state index in [4.69, 9.17) is 5.11 Å². The minimum atomic E-state index is -1.46. The molecule has 1 aromatic rings. The fourth-order valence-electron chi connectivity index (χ4n) is 1.20. The molecule has 0 unspecified atom stereocenters. The van der Waals surface area contributed by atoms with Crippen LogP contribution in [0.2, 0.25) is 0 Å². The second kappa shape index (κ2) is 4.44. The predicted octanol–water partition coefficient (Wildman–Crippen LogP) is 1.80. The standard InChI is InChI=1S/C10H10BrNO3/c1-6-3-4-7(11)5-8(6)12(2)9(13)10(14)15/h3-5H,1-2H3,(H,14,15). The third kappa shape index (κ3) is 2.56. The summed E-state index contributed by atoms with van der Waals surface area (Å²) in [5.41, 5.74) is 1.42. The van der Waals surface area contributed by atoms with Crippen molar-refractivity contribution >= 4 is 33.5 Å². The van der Waals surface area contributed by atoms with E-state index < -0.39 is 11.9 Å². The molecule has 0 aromatic heterocycles. The molecule has 0 radical (unpaired) electrons. The predicted molar refractivity (Wildman–Crippen MR) is 59.9 cm³/mol. The molecule has 4 nitrogen and oxygen atoms in total. The van der Waals surface area contributed by atoms with Gasteiger partial charge in [0.05, 0.1) is 0 Å². The number of likely N-dealkylation sites (N-methyl/N-ethyl adjacent to an activating group) is 1. The monoisotopic (exact) mass is 271 g/mol. The summed E-state index contributed by atoms with van der Waals surface area (Å²) in [6.45, 7) is 1.81. The van der Waals surface area contributed by atoms with Crippen molar-refractivity contribution in [3.05, 3.63) is 28.2 Å². The number of aryl methyl sites for hydroxylation is 1. The zero-order valence-corrected chi connectivity index (χ0v) is 9.91. The number of carbonyl (C=O) groups excluding carboxylic acids is 1. The van der Waals surface area contributed by atoms with Gasteiger partial charge in [0.1, 0.15) is 0 Å². The van der Waals surface area contributed by atoms with Gasteiger partial charge in [-0.2, -0.15) is 0 Å². The Morgan fingerprint density at radius 3 is 2.53 bits per heavy atom. The van der Waals surface area contributed by atoms with Crippen molar-refractivity contribution in [3.63, 3.8) is 0 Å². The number of hydrogen-bond acceptors (Lipinski definition) is 2. The van der Waals surface area contributed by atoms with Crippen molar-refractivity contribution in [2.75, 3.05) is 11.9 Å². The number of carboxylic acids is 1. The molecular weight excluding hydrogens is 262 g/mol. The van der Waals surface area contributed by atoms with E-state index >= 15 is 0 Å². The highest BCUT2D eigenvalue weighted by Crippen LogP contribution is 2.23. The van der Waals surface area contributed by atoms with E-state index in [1.165, 1.54) is 7.05 Å². The maximum absolute atomic E-state index is 11.2. The lowest BCUT2D eigenvalue weighted by molar-refractivity contribution is -0.148. The van der Waals surface area contributed by atoms with Gasteiger partial charge >= 0.3 is 11.9 Å². The molecule has 1 aromatic carbocycles. The van der Waals surface area contributed by atoms with Crippen LogP contribution in [0.5, 0.6) is 0 Å². The second-order valence-electron chi connectivity index (χ2n) is 3.10. The van der Waals surface area contributed by atoms with E-state index in [1.54, 1.807) is 6.07 Å². The molecule has 5 heteroatoms. The summed E-state index contributed by atoms with van der Waals surface area (Å²) in [6, 6.07) is 5.35. The van der Waals surface area contributed by atoms with Crippen molar-refractivity contribution in [1.82, 2.24) is 0 Å². The first kappa shape index (κ1) is 11.7. The molecule has 1 rings (SSSR count). The summed E-state index contributed by atoms with van der Waals surface area (Å²) < 4.78 is 0.799. The molecule has 0 aliphatic heterocycles. The van der Waals surface area contributed by atoms with Crippen LogP contribution < -0.4 is 4.90 Å². The van der Waals surface area contributed by atoms with Gasteiger partial charge in [0, 0.05) is 17.2 Å². The van der Waals surface area contributed by atoms with Crippen LogP contribution in [-0.2, 0) is 9.59 Å². The van der Waals surface area contributed by atoms with E-state index in [-0.39, 0.29) is 0 Å². The highest BCUT2D eigenvalue weighted by atomic mass is 79.9. The molecule has 1 N–H and O–H groups in total. The van der Waals surface area contributed by atoms with Crippen LogP contribution in [-0.4, -0.2) is 24.0 Å². The quantitative estimate of drug-likeness (QED) is 0.793. The number of hydrogen-bond donors (Lipinski definition) is 1. The summed E-state index contributed by atoms with van der Waals surface area (Å²) in [5, 5.41) is 8.57.